The van der Waals surface area contributed by atoms with Crippen molar-refractivity contribution in [3.8, 4) is 0 Å². The average Bonchev–Trinajstić information content (AvgIpc) is 2.39. The number of hydrogen-bond acceptors (Lipinski definition) is 3. The molecule has 1 aromatic rings. The Kier molecular flexibility index (Phi) is 5.19. The second kappa shape index (κ2) is 7.12. The van der Waals surface area contributed by atoms with Crippen LogP contribution < -0.4 is 10.6 Å². The molecule has 4 heteroatoms. The topological polar surface area (TPSA) is 54.0 Å². The first kappa shape index (κ1) is 13.8. The molecule has 2 rings (SSSR count). The monoisotopic (exact) mass is 261 g/mol. The normalized spacial score (nSPS) is 14.8. The molecule has 19 heavy (non-hydrogen) atoms. The van der Waals surface area contributed by atoms with Crippen molar-refractivity contribution >= 4 is 11.6 Å². The molecule has 1 aliphatic rings. The molecule has 1 heterocycles. The third-order valence-electron chi connectivity index (χ3n) is 3.69. The Labute approximate surface area is 115 Å². The summed E-state index contributed by atoms with van der Waals surface area (Å²) in [6, 6.07) is 1.77. The first-order valence-corrected chi connectivity index (χ1v) is 7.27. The Morgan fingerprint density at radius 2 is 2.26 bits per heavy atom. The van der Waals surface area contributed by atoms with Crippen LogP contribution in [-0.4, -0.2) is 24.0 Å². The maximum atomic E-state index is 12.1. The number of rotatable bonds is 7. The molecule has 0 unspecified atom stereocenters. The van der Waals surface area contributed by atoms with E-state index < -0.39 is 0 Å². The van der Waals surface area contributed by atoms with Gasteiger partial charge in [0.15, 0.2) is 0 Å². The van der Waals surface area contributed by atoms with Crippen molar-refractivity contribution in [2.24, 2.45) is 5.92 Å². The molecule has 0 aromatic carbocycles. The van der Waals surface area contributed by atoms with Gasteiger partial charge in [-0.05, 0) is 24.8 Å². The summed E-state index contributed by atoms with van der Waals surface area (Å²) >= 11 is 0. The lowest BCUT2D eigenvalue weighted by Gasteiger charge is -2.25. The highest BCUT2D eigenvalue weighted by molar-refractivity contribution is 5.99. The van der Waals surface area contributed by atoms with Crippen LogP contribution in [0.15, 0.2) is 18.5 Å². The SMILES string of the molecule is CCCNc1cnccc1C(=O)NCCC1CCC1. The highest BCUT2D eigenvalue weighted by Crippen LogP contribution is 2.28. The summed E-state index contributed by atoms with van der Waals surface area (Å²) in [5, 5.41) is 6.25. The van der Waals surface area contributed by atoms with Crippen LogP contribution in [0.4, 0.5) is 5.69 Å². The molecule has 0 saturated heterocycles. The lowest BCUT2D eigenvalue weighted by Crippen LogP contribution is -2.28. The lowest BCUT2D eigenvalue weighted by atomic mass is 9.83. The largest absolute Gasteiger partial charge is 0.383 e. The van der Waals surface area contributed by atoms with Gasteiger partial charge in [-0.1, -0.05) is 26.2 Å². The Hall–Kier alpha value is -1.58. The van der Waals surface area contributed by atoms with Crippen LogP contribution in [0.25, 0.3) is 0 Å². The molecule has 0 spiro atoms. The number of anilines is 1. The van der Waals surface area contributed by atoms with Crippen molar-refractivity contribution in [3.05, 3.63) is 24.0 Å². The molecular weight excluding hydrogens is 238 g/mol. The molecule has 1 fully saturated rings. The van der Waals surface area contributed by atoms with Gasteiger partial charge >= 0.3 is 0 Å². The summed E-state index contributed by atoms with van der Waals surface area (Å²) in [7, 11) is 0. The molecule has 1 aromatic heterocycles. The fourth-order valence-corrected chi connectivity index (χ4v) is 2.26. The maximum absolute atomic E-state index is 12.1. The van der Waals surface area contributed by atoms with Crippen LogP contribution >= 0.6 is 0 Å². The van der Waals surface area contributed by atoms with E-state index >= 15 is 0 Å². The first-order valence-electron chi connectivity index (χ1n) is 7.27. The second-order valence-corrected chi connectivity index (χ2v) is 5.19. The van der Waals surface area contributed by atoms with Crippen LogP contribution in [0.2, 0.25) is 0 Å². The zero-order valence-corrected chi connectivity index (χ0v) is 11.6. The zero-order chi connectivity index (χ0) is 13.5. The van der Waals surface area contributed by atoms with E-state index in [1.807, 2.05) is 0 Å². The van der Waals surface area contributed by atoms with Gasteiger partial charge in [-0.3, -0.25) is 9.78 Å². The van der Waals surface area contributed by atoms with Gasteiger partial charge in [0.2, 0.25) is 0 Å². The summed E-state index contributed by atoms with van der Waals surface area (Å²) in [5.74, 6) is 0.829. The Bertz CT molecular complexity index is 416. The van der Waals surface area contributed by atoms with E-state index in [2.05, 4.69) is 22.5 Å². The molecule has 0 aliphatic heterocycles. The van der Waals surface area contributed by atoms with Crippen molar-refractivity contribution in [2.45, 2.75) is 39.0 Å². The first-order chi connectivity index (χ1) is 9.31. The summed E-state index contributed by atoms with van der Waals surface area (Å²) in [6.45, 7) is 3.73. The fourth-order valence-electron chi connectivity index (χ4n) is 2.26. The van der Waals surface area contributed by atoms with E-state index in [1.165, 1.54) is 19.3 Å². The van der Waals surface area contributed by atoms with Gasteiger partial charge in [-0.25, -0.2) is 0 Å². The number of carbonyl (C=O) groups is 1. The standard InChI is InChI=1S/C15H23N3O/c1-2-8-17-14-11-16-9-7-13(14)15(19)18-10-6-12-4-3-5-12/h7,9,11-12,17H,2-6,8,10H2,1H3,(H,18,19). The Balaban J connectivity index is 1.85. The predicted octanol–water partition coefficient (Wildman–Crippen LogP) is 2.82. The van der Waals surface area contributed by atoms with Crippen LogP contribution in [0.3, 0.4) is 0 Å². The summed E-state index contributed by atoms with van der Waals surface area (Å²) in [6.07, 6.45) is 9.53. The van der Waals surface area contributed by atoms with E-state index in [1.54, 1.807) is 18.5 Å². The quantitative estimate of drug-likeness (QED) is 0.793. The van der Waals surface area contributed by atoms with E-state index in [9.17, 15) is 4.79 Å². The van der Waals surface area contributed by atoms with Crippen molar-refractivity contribution < 1.29 is 4.79 Å². The zero-order valence-electron chi connectivity index (χ0n) is 11.6. The number of carbonyl (C=O) groups excluding carboxylic acids is 1. The number of amides is 1. The van der Waals surface area contributed by atoms with Crippen LogP contribution in [-0.2, 0) is 0 Å². The number of nitrogens with one attached hydrogen (secondary N) is 2. The van der Waals surface area contributed by atoms with Crippen LogP contribution in [0, 0.1) is 5.92 Å². The minimum atomic E-state index is 0.000302. The van der Waals surface area contributed by atoms with Crippen LogP contribution in [0.5, 0.6) is 0 Å². The van der Waals surface area contributed by atoms with Gasteiger partial charge in [-0.15, -0.1) is 0 Å². The number of pyridine rings is 1. The number of aromatic nitrogens is 1. The summed E-state index contributed by atoms with van der Waals surface area (Å²) < 4.78 is 0. The van der Waals surface area contributed by atoms with Crippen molar-refractivity contribution in [2.75, 3.05) is 18.4 Å². The molecule has 1 amide bonds. The van der Waals surface area contributed by atoms with Gasteiger partial charge in [0.1, 0.15) is 0 Å². The smallest absolute Gasteiger partial charge is 0.253 e. The van der Waals surface area contributed by atoms with Gasteiger partial charge in [-0.2, -0.15) is 0 Å². The predicted molar refractivity (Wildman–Crippen MR) is 77.3 cm³/mol. The van der Waals surface area contributed by atoms with Crippen LogP contribution in [0.1, 0.15) is 49.4 Å². The van der Waals surface area contributed by atoms with Gasteiger partial charge in [0.25, 0.3) is 5.91 Å². The lowest BCUT2D eigenvalue weighted by molar-refractivity contribution is 0.0949. The molecule has 1 aliphatic carbocycles. The fraction of sp³-hybridized carbons (Fsp3) is 0.600. The van der Waals surface area contributed by atoms with Crippen molar-refractivity contribution in [3.63, 3.8) is 0 Å². The molecule has 0 bridgehead atoms. The summed E-state index contributed by atoms with van der Waals surface area (Å²) in [5.41, 5.74) is 1.52. The van der Waals surface area contributed by atoms with Crippen molar-refractivity contribution in [1.82, 2.24) is 10.3 Å². The van der Waals surface area contributed by atoms with E-state index in [-0.39, 0.29) is 5.91 Å². The summed E-state index contributed by atoms with van der Waals surface area (Å²) in [4.78, 5) is 16.2. The van der Waals surface area contributed by atoms with E-state index in [0.29, 0.717) is 5.56 Å². The molecule has 2 N–H and O–H groups in total. The maximum Gasteiger partial charge on any atom is 0.253 e. The minimum absolute atomic E-state index is 0.000302. The van der Waals surface area contributed by atoms with Gasteiger partial charge < -0.3 is 10.6 Å². The molecule has 1 saturated carbocycles. The third kappa shape index (κ3) is 3.94. The Morgan fingerprint density at radius 3 is 2.95 bits per heavy atom. The van der Waals surface area contributed by atoms with E-state index in [0.717, 1.165) is 37.5 Å². The average molecular weight is 261 g/mol. The van der Waals surface area contributed by atoms with Gasteiger partial charge in [0.05, 0.1) is 17.4 Å². The molecular formula is C15H23N3O. The third-order valence-corrected chi connectivity index (χ3v) is 3.69. The van der Waals surface area contributed by atoms with Crippen molar-refractivity contribution in [1.29, 1.82) is 0 Å². The van der Waals surface area contributed by atoms with Gasteiger partial charge in [0, 0.05) is 19.3 Å². The number of hydrogen-bond donors (Lipinski definition) is 2. The second-order valence-electron chi connectivity index (χ2n) is 5.19. The highest BCUT2D eigenvalue weighted by atomic mass is 16.1. The molecule has 0 radical (unpaired) electrons. The molecule has 0 atom stereocenters. The molecule has 104 valence electrons. The highest BCUT2D eigenvalue weighted by Gasteiger charge is 2.17. The number of nitrogens with zero attached hydrogens (tertiary/aromatic N) is 1. The molecule has 4 nitrogen and oxygen atoms in total. The minimum Gasteiger partial charge on any atom is -0.383 e. The van der Waals surface area contributed by atoms with E-state index in [4.69, 9.17) is 0 Å². The Morgan fingerprint density at radius 1 is 1.42 bits per heavy atom.